The van der Waals surface area contributed by atoms with Gasteiger partial charge >= 0.3 is 58.4 Å². The Morgan fingerprint density at radius 3 is 2.53 bits per heavy atom. The maximum atomic E-state index is 12.7. The summed E-state index contributed by atoms with van der Waals surface area (Å²) in [7, 11) is 0. The van der Waals surface area contributed by atoms with Gasteiger partial charge in [0.1, 0.15) is 10.7 Å². The molecular formula is C8H8BF3KN3S. The summed E-state index contributed by atoms with van der Waals surface area (Å²) in [6.45, 7) is -3.20. The predicted octanol–water partition coefficient (Wildman–Crippen LogP) is -0.915. The Balaban J connectivity index is 0.00000144. The number of halogens is 3. The second-order valence-electron chi connectivity index (χ2n) is 3.18. The zero-order valence-electron chi connectivity index (χ0n) is 9.40. The first kappa shape index (κ1) is 15.4. The summed E-state index contributed by atoms with van der Waals surface area (Å²) < 4.78 is 39.0. The van der Waals surface area contributed by atoms with Crippen molar-refractivity contribution in [1.82, 2.24) is 14.8 Å². The van der Waals surface area contributed by atoms with E-state index in [1.165, 1.54) is 11.3 Å². The minimum Gasteiger partial charge on any atom is -0.444 e. The summed E-state index contributed by atoms with van der Waals surface area (Å²) in [5.41, 5.74) is -0.390. The average molecular weight is 285 g/mol. The molecule has 0 unspecified atom stereocenters. The van der Waals surface area contributed by atoms with Crippen molar-refractivity contribution in [3.8, 4) is 10.7 Å². The van der Waals surface area contributed by atoms with Gasteiger partial charge in [-0.15, -0.1) is 11.3 Å². The van der Waals surface area contributed by atoms with Crippen molar-refractivity contribution < 1.29 is 64.3 Å². The van der Waals surface area contributed by atoms with Gasteiger partial charge in [0, 0.05) is 18.1 Å². The van der Waals surface area contributed by atoms with Gasteiger partial charge in [0.15, 0.2) is 0 Å². The molecule has 2 aromatic heterocycles. The van der Waals surface area contributed by atoms with E-state index < -0.39 is 12.6 Å². The number of thiazole rings is 1. The second-order valence-corrected chi connectivity index (χ2v) is 4.08. The summed E-state index contributed by atoms with van der Waals surface area (Å²) in [6, 6.07) is 1.06. The van der Waals surface area contributed by atoms with Crippen LogP contribution in [-0.4, -0.2) is 21.7 Å². The van der Waals surface area contributed by atoms with Crippen molar-refractivity contribution in [2.75, 3.05) is 0 Å². The Hall–Kier alpha value is 0.331. The van der Waals surface area contributed by atoms with Crippen LogP contribution in [0.5, 0.6) is 0 Å². The molecule has 0 fully saturated rings. The first-order valence-electron chi connectivity index (χ1n) is 4.70. The van der Waals surface area contributed by atoms with Crippen molar-refractivity contribution in [1.29, 1.82) is 0 Å². The number of aryl methyl sites for hydroxylation is 1. The minimum atomic E-state index is -5.02. The summed E-state index contributed by atoms with van der Waals surface area (Å²) in [5.74, 6) is 0. The molecular weight excluding hydrogens is 277 g/mol. The molecule has 0 spiro atoms. The SMILES string of the molecule is CCn1nc(-c2nccs2)cc1[B-](F)(F)F.[K+]. The van der Waals surface area contributed by atoms with Gasteiger partial charge in [-0.1, -0.05) is 0 Å². The topological polar surface area (TPSA) is 30.7 Å². The molecule has 0 bridgehead atoms. The van der Waals surface area contributed by atoms with Gasteiger partial charge in [-0.2, -0.15) is 5.10 Å². The van der Waals surface area contributed by atoms with Crippen molar-refractivity contribution in [2.24, 2.45) is 0 Å². The van der Waals surface area contributed by atoms with Crippen molar-refractivity contribution in [2.45, 2.75) is 13.5 Å². The van der Waals surface area contributed by atoms with Crippen LogP contribution in [0.25, 0.3) is 10.7 Å². The zero-order valence-corrected chi connectivity index (χ0v) is 13.3. The molecule has 2 aromatic rings. The Morgan fingerprint density at radius 1 is 1.41 bits per heavy atom. The Kier molecular flexibility index (Phi) is 5.42. The average Bonchev–Trinajstić information content (AvgIpc) is 2.85. The molecule has 0 aromatic carbocycles. The van der Waals surface area contributed by atoms with Crippen LogP contribution in [0.1, 0.15) is 6.92 Å². The normalized spacial score (nSPS) is 11.3. The molecule has 86 valence electrons. The molecule has 0 saturated heterocycles. The van der Waals surface area contributed by atoms with E-state index in [9.17, 15) is 12.9 Å². The molecule has 3 nitrogen and oxygen atoms in total. The molecule has 0 atom stereocenters. The maximum Gasteiger partial charge on any atom is 1.00 e. The standard InChI is InChI=1S/C8H8BF3N3S.K/c1-2-15-7(9(10,11)12)5-6(14-15)8-13-3-4-16-8;/h3-5H,2H2,1H3;/q-1;+1. The van der Waals surface area contributed by atoms with E-state index in [1.54, 1.807) is 18.5 Å². The predicted molar refractivity (Wildman–Crippen MR) is 57.7 cm³/mol. The molecule has 0 N–H and O–H groups in total. The molecule has 9 heteroatoms. The van der Waals surface area contributed by atoms with Crippen LogP contribution in [0.2, 0.25) is 0 Å². The van der Waals surface area contributed by atoms with E-state index in [0.29, 0.717) is 5.01 Å². The van der Waals surface area contributed by atoms with Crippen LogP contribution in [-0.2, 0) is 6.54 Å². The fourth-order valence-electron chi connectivity index (χ4n) is 1.40. The van der Waals surface area contributed by atoms with E-state index in [1.807, 2.05) is 0 Å². The third kappa shape index (κ3) is 3.42. The number of nitrogens with zero attached hydrogens (tertiary/aromatic N) is 3. The fourth-order valence-corrected chi connectivity index (χ4v) is 2.00. The van der Waals surface area contributed by atoms with Gasteiger partial charge in [-0.25, -0.2) is 4.98 Å². The van der Waals surface area contributed by atoms with Gasteiger partial charge < -0.3 is 12.9 Å². The Morgan fingerprint density at radius 2 is 2.12 bits per heavy atom. The second kappa shape index (κ2) is 5.98. The molecule has 2 rings (SSSR count). The summed E-state index contributed by atoms with van der Waals surface area (Å²) in [6.07, 6.45) is 1.55. The quantitative estimate of drug-likeness (QED) is 0.683. The van der Waals surface area contributed by atoms with Gasteiger partial charge in [0.2, 0.25) is 0 Å². The Bertz CT molecular complexity index is 483. The smallest absolute Gasteiger partial charge is 0.444 e. The van der Waals surface area contributed by atoms with Gasteiger partial charge in [-0.3, -0.25) is 4.68 Å². The van der Waals surface area contributed by atoms with Crippen LogP contribution in [0.4, 0.5) is 12.9 Å². The molecule has 0 aliphatic rings. The first-order chi connectivity index (χ1) is 7.52. The van der Waals surface area contributed by atoms with E-state index in [4.69, 9.17) is 0 Å². The first-order valence-corrected chi connectivity index (χ1v) is 5.58. The zero-order chi connectivity index (χ0) is 11.8. The van der Waals surface area contributed by atoms with Crippen LogP contribution >= 0.6 is 11.3 Å². The van der Waals surface area contributed by atoms with Gasteiger partial charge in [-0.05, 0) is 18.6 Å². The van der Waals surface area contributed by atoms with Crippen LogP contribution in [0.3, 0.4) is 0 Å². The van der Waals surface area contributed by atoms with Crippen molar-refractivity contribution >= 4 is 23.9 Å². The maximum absolute atomic E-state index is 12.7. The van der Waals surface area contributed by atoms with Crippen molar-refractivity contribution in [3.63, 3.8) is 0 Å². The van der Waals surface area contributed by atoms with E-state index in [2.05, 4.69) is 10.1 Å². The van der Waals surface area contributed by atoms with E-state index >= 15 is 0 Å². The number of hydrogen-bond acceptors (Lipinski definition) is 3. The third-order valence-electron chi connectivity index (χ3n) is 2.10. The van der Waals surface area contributed by atoms with Crippen molar-refractivity contribution in [3.05, 3.63) is 17.6 Å². The molecule has 0 saturated carbocycles. The minimum absolute atomic E-state index is 0. The fraction of sp³-hybridized carbons (Fsp3) is 0.250. The molecule has 0 aliphatic carbocycles. The molecule has 0 aliphatic heterocycles. The van der Waals surface area contributed by atoms with Crippen LogP contribution < -0.4 is 57.0 Å². The summed E-state index contributed by atoms with van der Waals surface area (Å²) in [5, 5.41) is 6.11. The summed E-state index contributed by atoms with van der Waals surface area (Å²) in [4.78, 5) is 3.94. The molecule has 17 heavy (non-hydrogen) atoms. The van der Waals surface area contributed by atoms with Gasteiger partial charge in [0.25, 0.3) is 0 Å². The van der Waals surface area contributed by atoms with Crippen LogP contribution in [0.15, 0.2) is 17.6 Å². The monoisotopic (exact) mass is 285 g/mol. The third-order valence-corrected chi connectivity index (χ3v) is 2.89. The molecule has 2 heterocycles. The molecule has 0 amide bonds. The van der Waals surface area contributed by atoms with Gasteiger partial charge in [0.05, 0.1) is 0 Å². The Labute approximate surface area is 143 Å². The van der Waals surface area contributed by atoms with E-state index in [-0.39, 0.29) is 63.6 Å². The van der Waals surface area contributed by atoms with Crippen LogP contribution in [0, 0.1) is 0 Å². The summed E-state index contributed by atoms with van der Waals surface area (Å²) >= 11 is 1.27. The van der Waals surface area contributed by atoms with E-state index in [0.717, 1.165) is 10.7 Å². The number of hydrogen-bond donors (Lipinski definition) is 0. The number of rotatable bonds is 3. The number of aromatic nitrogens is 3. The molecule has 0 radical (unpaired) electrons. The largest absolute Gasteiger partial charge is 1.00 e.